The molecule has 0 radical (unpaired) electrons. The van der Waals surface area contributed by atoms with E-state index in [2.05, 4.69) is 22.0 Å². The smallest absolute Gasteiger partial charge is 0.231 e. The zero-order valence-electron chi connectivity index (χ0n) is 11.6. The fourth-order valence-electron chi connectivity index (χ4n) is 2.44. The molecule has 5 nitrogen and oxygen atoms in total. The van der Waals surface area contributed by atoms with Crippen LogP contribution in [-0.2, 0) is 0 Å². The van der Waals surface area contributed by atoms with Crippen LogP contribution < -0.4 is 14.8 Å². The summed E-state index contributed by atoms with van der Waals surface area (Å²) in [6, 6.07) is 5.79. The molecule has 0 bridgehead atoms. The molecule has 0 spiro atoms. The summed E-state index contributed by atoms with van der Waals surface area (Å²) in [6.45, 7) is 7.69. The van der Waals surface area contributed by atoms with E-state index in [0.29, 0.717) is 6.79 Å². The first-order chi connectivity index (χ1) is 9.76. The Morgan fingerprint density at radius 3 is 2.70 bits per heavy atom. The molecule has 1 aromatic carbocycles. The van der Waals surface area contributed by atoms with Crippen molar-refractivity contribution in [2.75, 3.05) is 44.8 Å². The molecule has 0 aliphatic carbocycles. The third-order valence-corrected chi connectivity index (χ3v) is 4.09. The average Bonchev–Trinajstić information content (AvgIpc) is 2.95. The maximum absolute atomic E-state index is 5.48. The highest BCUT2D eigenvalue weighted by Crippen LogP contribution is 2.34. The number of piperazine rings is 1. The van der Waals surface area contributed by atoms with Gasteiger partial charge in [-0.2, -0.15) is 0 Å². The SMILES string of the molecule is CCN1CCN(C(=S)Nc2ccc3c(c2)OCO3)CC1. The quantitative estimate of drug-likeness (QED) is 0.837. The van der Waals surface area contributed by atoms with Gasteiger partial charge in [-0.25, -0.2) is 0 Å². The second-order valence-electron chi connectivity index (χ2n) is 4.92. The number of likely N-dealkylation sites (N-methyl/N-ethyl adjacent to an activating group) is 1. The third-order valence-electron chi connectivity index (χ3n) is 3.73. The molecule has 0 aromatic heterocycles. The Bertz CT molecular complexity index is 501. The largest absolute Gasteiger partial charge is 0.454 e. The monoisotopic (exact) mass is 293 g/mol. The van der Waals surface area contributed by atoms with Crippen molar-refractivity contribution in [2.24, 2.45) is 0 Å². The summed E-state index contributed by atoms with van der Waals surface area (Å²) < 4.78 is 10.7. The molecule has 1 aromatic rings. The normalized spacial score (nSPS) is 18.1. The van der Waals surface area contributed by atoms with E-state index < -0.39 is 0 Å². The molecular formula is C14H19N3O2S. The topological polar surface area (TPSA) is 37.0 Å². The van der Waals surface area contributed by atoms with E-state index >= 15 is 0 Å². The number of hydrogen-bond donors (Lipinski definition) is 1. The molecule has 0 unspecified atom stereocenters. The molecule has 6 heteroatoms. The predicted molar refractivity (Wildman–Crippen MR) is 82.5 cm³/mol. The lowest BCUT2D eigenvalue weighted by Gasteiger charge is -2.35. The Hall–Kier alpha value is -1.53. The first-order valence-electron chi connectivity index (χ1n) is 6.94. The molecule has 2 aliphatic rings. The van der Waals surface area contributed by atoms with Crippen LogP contribution in [0.4, 0.5) is 5.69 Å². The van der Waals surface area contributed by atoms with Gasteiger partial charge in [-0.15, -0.1) is 0 Å². The molecule has 2 heterocycles. The fraction of sp³-hybridized carbons (Fsp3) is 0.500. The van der Waals surface area contributed by atoms with Crippen LogP contribution in [0, 0.1) is 0 Å². The van der Waals surface area contributed by atoms with E-state index in [0.717, 1.165) is 55.0 Å². The summed E-state index contributed by atoms with van der Waals surface area (Å²) >= 11 is 5.48. The molecule has 1 fully saturated rings. The average molecular weight is 293 g/mol. The van der Waals surface area contributed by atoms with E-state index in [9.17, 15) is 0 Å². The highest BCUT2D eigenvalue weighted by molar-refractivity contribution is 7.80. The van der Waals surface area contributed by atoms with Gasteiger partial charge in [-0.05, 0) is 30.9 Å². The van der Waals surface area contributed by atoms with E-state index in [-0.39, 0.29) is 0 Å². The molecule has 0 saturated carbocycles. The van der Waals surface area contributed by atoms with E-state index in [1.165, 1.54) is 0 Å². The molecule has 2 aliphatic heterocycles. The number of rotatable bonds is 2. The zero-order chi connectivity index (χ0) is 13.9. The second kappa shape index (κ2) is 5.85. The maximum Gasteiger partial charge on any atom is 0.231 e. The van der Waals surface area contributed by atoms with Crippen LogP contribution in [0.15, 0.2) is 18.2 Å². The van der Waals surface area contributed by atoms with Crippen molar-refractivity contribution in [2.45, 2.75) is 6.92 Å². The Kier molecular flexibility index (Phi) is 3.93. The van der Waals surface area contributed by atoms with Crippen molar-refractivity contribution >= 4 is 23.0 Å². The van der Waals surface area contributed by atoms with E-state index in [1.54, 1.807) is 0 Å². The van der Waals surface area contributed by atoms with Crippen LogP contribution in [0.1, 0.15) is 6.92 Å². The van der Waals surface area contributed by atoms with E-state index in [4.69, 9.17) is 21.7 Å². The molecule has 108 valence electrons. The first kappa shape index (κ1) is 13.5. The van der Waals surface area contributed by atoms with Crippen LogP contribution in [0.3, 0.4) is 0 Å². The third kappa shape index (κ3) is 2.81. The summed E-state index contributed by atoms with van der Waals surface area (Å²) in [4.78, 5) is 4.64. The molecule has 1 N–H and O–H groups in total. The lowest BCUT2D eigenvalue weighted by molar-refractivity contribution is 0.174. The van der Waals surface area contributed by atoms with Gasteiger partial charge in [0.05, 0.1) is 0 Å². The van der Waals surface area contributed by atoms with Crippen LogP contribution in [0.2, 0.25) is 0 Å². The lowest BCUT2D eigenvalue weighted by atomic mass is 10.3. The van der Waals surface area contributed by atoms with Crippen molar-refractivity contribution in [1.82, 2.24) is 9.80 Å². The van der Waals surface area contributed by atoms with Crippen molar-refractivity contribution in [3.05, 3.63) is 18.2 Å². The van der Waals surface area contributed by atoms with Gasteiger partial charge >= 0.3 is 0 Å². The Morgan fingerprint density at radius 2 is 1.95 bits per heavy atom. The van der Waals surface area contributed by atoms with Gasteiger partial charge in [-0.3, -0.25) is 0 Å². The number of anilines is 1. The zero-order valence-corrected chi connectivity index (χ0v) is 12.4. The Morgan fingerprint density at radius 1 is 1.20 bits per heavy atom. The minimum atomic E-state index is 0.294. The number of hydrogen-bond acceptors (Lipinski definition) is 4. The Labute approximate surface area is 124 Å². The minimum Gasteiger partial charge on any atom is -0.454 e. The molecule has 20 heavy (non-hydrogen) atoms. The Balaban J connectivity index is 1.59. The van der Waals surface area contributed by atoms with Crippen molar-refractivity contribution in [3.8, 4) is 11.5 Å². The predicted octanol–water partition coefficient (Wildman–Crippen LogP) is 1.75. The summed E-state index contributed by atoms with van der Waals surface area (Å²) in [6.07, 6.45) is 0. The number of nitrogens with zero attached hydrogens (tertiary/aromatic N) is 2. The van der Waals surface area contributed by atoms with Crippen molar-refractivity contribution in [3.63, 3.8) is 0 Å². The summed E-state index contributed by atoms with van der Waals surface area (Å²) in [5.74, 6) is 1.56. The molecule has 3 rings (SSSR count). The number of ether oxygens (including phenoxy) is 2. The second-order valence-corrected chi connectivity index (χ2v) is 5.31. The van der Waals surface area contributed by atoms with Crippen LogP contribution in [0.25, 0.3) is 0 Å². The van der Waals surface area contributed by atoms with Gasteiger partial charge in [0, 0.05) is 37.9 Å². The van der Waals surface area contributed by atoms with Gasteiger partial charge in [0.15, 0.2) is 16.6 Å². The highest BCUT2D eigenvalue weighted by Gasteiger charge is 2.19. The van der Waals surface area contributed by atoms with Gasteiger partial charge in [0.25, 0.3) is 0 Å². The fourth-order valence-corrected chi connectivity index (χ4v) is 2.74. The van der Waals surface area contributed by atoms with Gasteiger partial charge in [0.2, 0.25) is 6.79 Å². The summed E-state index contributed by atoms with van der Waals surface area (Å²) in [5.41, 5.74) is 0.942. The number of nitrogens with one attached hydrogen (secondary N) is 1. The van der Waals surface area contributed by atoms with E-state index in [1.807, 2.05) is 18.2 Å². The van der Waals surface area contributed by atoms with Crippen molar-refractivity contribution < 1.29 is 9.47 Å². The van der Waals surface area contributed by atoms with Crippen molar-refractivity contribution in [1.29, 1.82) is 0 Å². The van der Waals surface area contributed by atoms with Crippen LogP contribution in [-0.4, -0.2) is 54.4 Å². The molecular weight excluding hydrogens is 274 g/mol. The summed E-state index contributed by atoms with van der Waals surface area (Å²) in [5, 5.41) is 4.05. The van der Waals surface area contributed by atoms with Crippen LogP contribution in [0.5, 0.6) is 11.5 Å². The molecule has 1 saturated heterocycles. The number of thiocarbonyl (C=S) groups is 1. The van der Waals surface area contributed by atoms with Gasteiger partial charge in [-0.1, -0.05) is 6.92 Å². The maximum atomic E-state index is 5.48. The van der Waals surface area contributed by atoms with Crippen LogP contribution >= 0.6 is 12.2 Å². The molecule has 0 amide bonds. The van der Waals surface area contributed by atoms with Gasteiger partial charge in [0.1, 0.15) is 0 Å². The highest BCUT2D eigenvalue weighted by atomic mass is 32.1. The first-order valence-corrected chi connectivity index (χ1v) is 7.35. The summed E-state index contributed by atoms with van der Waals surface area (Å²) in [7, 11) is 0. The number of fused-ring (bicyclic) bond motifs is 1. The lowest BCUT2D eigenvalue weighted by Crippen LogP contribution is -2.49. The minimum absolute atomic E-state index is 0.294. The standard InChI is InChI=1S/C14H19N3O2S/c1-2-16-5-7-17(8-6-16)14(20)15-11-3-4-12-13(9-11)19-10-18-12/h3-4,9H,2,5-8,10H2,1H3,(H,15,20). The number of benzene rings is 1. The molecule has 0 atom stereocenters. The van der Waals surface area contributed by atoms with Gasteiger partial charge < -0.3 is 24.6 Å².